The number of nitrogens with zero attached hydrogens (tertiary/aromatic N) is 1. The molecule has 14 heavy (non-hydrogen) atoms. The van der Waals surface area contributed by atoms with Gasteiger partial charge in [-0.05, 0) is 18.2 Å². The number of aromatic nitrogens is 1. The van der Waals surface area contributed by atoms with Gasteiger partial charge < -0.3 is 9.73 Å². The molecule has 0 unspecified atom stereocenters. The maximum Gasteiger partial charge on any atom is 0.214 e. The summed E-state index contributed by atoms with van der Waals surface area (Å²) in [4.78, 5) is 3.45. The first kappa shape index (κ1) is 8.74. The molecule has 0 saturated carbocycles. The van der Waals surface area contributed by atoms with Crippen LogP contribution in [-0.4, -0.2) is 4.98 Å². The molecule has 0 spiro atoms. The highest BCUT2D eigenvalue weighted by molar-refractivity contribution is 5.41. The van der Waals surface area contributed by atoms with Crippen LogP contribution in [0.25, 0.3) is 0 Å². The maximum absolute atomic E-state index is 12.7. The van der Waals surface area contributed by atoms with Crippen molar-refractivity contribution in [2.45, 2.75) is 6.54 Å². The second-order valence-corrected chi connectivity index (χ2v) is 2.80. The van der Waals surface area contributed by atoms with Gasteiger partial charge in [-0.15, -0.1) is 0 Å². The minimum absolute atomic E-state index is 0.491. The van der Waals surface area contributed by atoms with Crippen molar-refractivity contribution in [3.63, 3.8) is 0 Å². The Hall–Kier alpha value is -1.84. The molecule has 72 valence electrons. The molecule has 0 aromatic carbocycles. The standard InChI is InChI=1S/C10H9FN2O/c11-10-6-8(3-4-12-10)13-7-9-2-1-5-14-9/h1-6H,7H2,(H,12,13). The summed E-state index contributed by atoms with van der Waals surface area (Å²) in [5, 5.41) is 3.01. The molecule has 0 saturated heterocycles. The van der Waals surface area contributed by atoms with Gasteiger partial charge in [0, 0.05) is 18.0 Å². The fraction of sp³-hybridized carbons (Fsp3) is 0.100. The number of nitrogens with one attached hydrogen (secondary N) is 1. The van der Waals surface area contributed by atoms with Crippen molar-refractivity contribution < 1.29 is 8.81 Å². The lowest BCUT2D eigenvalue weighted by atomic mass is 10.4. The summed E-state index contributed by atoms with van der Waals surface area (Å²) in [5.74, 6) is 0.316. The molecule has 2 aromatic rings. The van der Waals surface area contributed by atoms with Crippen LogP contribution in [0.4, 0.5) is 10.1 Å². The first-order chi connectivity index (χ1) is 6.84. The van der Waals surface area contributed by atoms with Gasteiger partial charge in [0.15, 0.2) is 0 Å². The molecule has 1 N–H and O–H groups in total. The first-order valence-corrected chi connectivity index (χ1v) is 4.22. The summed E-state index contributed by atoms with van der Waals surface area (Å²) in [5.41, 5.74) is 0.689. The smallest absolute Gasteiger partial charge is 0.214 e. The Kier molecular flexibility index (Phi) is 2.44. The molecule has 2 rings (SSSR count). The molecule has 0 aliphatic carbocycles. The van der Waals surface area contributed by atoms with E-state index in [1.165, 1.54) is 12.3 Å². The molecule has 0 bridgehead atoms. The predicted molar refractivity (Wildman–Crippen MR) is 50.2 cm³/mol. The third kappa shape index (κ3) is 2.10. The average Bonchev–Trinajstić information content (AvgIpc) is 2.67. The highest BCUT2D eigenvalue weighted by atomic mass is 19.1. The third-order valence-corrected chi connectivity index (χ3v) is 1.77. The average molecular weight is 192 g/mol. The summed E-state index contributed by atoms with van der Waals surface area (Å²) in [7, 11) is 0. The molecule has 0 amide bonds. The number of rotatable bonds is 3. The Labute approximate surface area is 80.6 Å². The molecule has 0 atom stereocenters. The van der Waals surface area contributed by atoms with E-state index in [0.717, 1.165) is 5.76 Å². The van der Waals surface area contributed by atoms with Crippen molar-refractivity contribution in [1.82, 2.24) is 4.98 Å². The summed E-state index contributed by atoms with van der Waals surface area (Å²) in [6, 6.07) is 6.70. The Bertz CT molecular complexity index is 400. The molecule has 0 aliphatic rings. The topological polar surface area (TPSA) is 38.1 Å². The predicted octanol–water partition coefficient (Wildman–Crippen LogP) is 2.43. The minimum atomic E-state index is -0.491. The quantitative estimate of drug-likeness (QED) is 0.759. The van der Waals surface area contributed by atoms with E-state index < -0.39 is 5.95 Å². The van der Waals surface area contributed by atoms with Crippen LogP contribution in [0.3, 0.4) is 0 Å². The van der Waals surface area contributed by atoms with Crippen molar-refractivity contribution in [1.29, 1.82) is 0 Å². The van der Waals surface area contributed by atoms with E-state index in [4.69, 9.17) is 4.42 Å². The molecular weight excluding hydrogens is 183 g/mol. The van der Waals surface area contributed by atoms with Crippen LogP contribution in [-0.2, 0) is 6.54 Å². The molecule has 4 heteroatoms. The third-order valence-electron chi connectivity index (χ3n) is 1.77. The number of pyridine rings is 1. The van der Waals surface area contributed by atoms with E-state index in [9.17, 15) is 4.39 Å². The van der Waals surface area contributed by atoms with Gasteiger partial charge in [-0.3, -0.25) is 0 Å². The van der Waals surface area contributed by atoms with Gasteiger partial charge in [-0.25, -0.2) is 4.98 Å². The number of hydrogen-bond donors (Lipinski definition) is 1. The Morgan fingerprint density at radius 3 is 3.07 bits per heavy atom. The van der Waals surface area contributed by atoms with Gasteiger partial charge >= 0.3 is 0 Å². The molecule has 0 fully saturated rings. The van der Waals surface area contributed by atoms with Crippen LogP contribution in [0.1, 0.15) is 5.76 Å². The van der Waals surface area contributed by atoms with E-state index in [1.807, 2.05) is 12.1 Å². The van der Waals surface area contributed by atoms with Crippen LogP contribution in [0, 0.1) is 5.95 Å². The lowest BCUT2D eigenvalue weighted by Gasteiger charge is -2.02. The lowest BCUT2D eigenvalue weighted by Crippen LogP contribution is -1.98. The summed E-state index contributed by atoms with van der Waals surface area (Å²) in [6.07, 6.45) is 3.02. The number of anilines is 1. The molecule has 3 nitrogen and oxygen atoms in total. The molecule has 0 aliphatic heterocycles. The van der Waals surface area contributed by atoms with Crippen LogP contribution in [0.5, 0.6) is 0 Å². The Morgan fingerprint density at radius 1 is 1.43 bits per heavy atom. The van der Waals surface area contributed by atoms with E-state index in [-0.39, 0.29) is 0 Å². The second kappa shape index (κ2) is 3.91. The van der Waals surface area contributed by atoms with E-state index in [2.05, 4.69) is 10.3 Å². The molecular formula is C10H9FN2O. The number of furan rings is 1. The number of halogens is 1. The Morgan fingerprint density at radius 2 is 2.36 bits per heavy atom. The van der Waals surface area contributed by atoms with Crippen molar-refractivity contribution in [2.75, 3.05) is 5.32 Å². The number of hydrogen-bond acceptors (Lipinski definition) is 3. The van der Waals surface area contributed by atoms with Gasteiger partial charge in [-0.2, -0.15) is 4.39 Å². The van der Waals surface area contributed by atoms with Crippen molar-refractivity contribution in [3.05, 3.63) is 48.4 Å². The van der Waals surface area contributed by atoms with Crippen LogP contribution < -0.4 is 5.32 Å². The fourth-order valence-electron chi connectivity index (χ4n) is 1.11. The van der Waals surface area contributed by atoms with Crippen LogP contribution in [0.2, 0.25) is 0 Å². The monoisotopic (exact) mass is 192 g/mol. The van der Waals surface area contributed by atoms with Crippen molar-refractivity contribution >= 4 is 5.69 Å². The molecule has 2 heterocycles. The lowest BCUT2D eigenvalue weighted by molar-refractivity contribution is 0.518. The zero-order valence-corrected chi connectivity index (χ0v) is 7.40. The van der Waals surface area contributed by atoms with E-state index in [0.29, 0.717) is 12.2 Å². The van der Waals surface area contributed by atoms with Crippen molar-refractivity contribution in [2.24, 2.45) is 0 Å². The van der Waals surface area contributed by atoms with Crippen LogP contribution >= 0.6 is 0 Å². The van der Waals surface area contributed by atoms with E-state index >= 15 is 0 Å². The van der Waals surface area contributed by atoms with Gasteiger partial charge in [0.1, 0.15) is 5.76 Å². The van der Waals surface area contributed by atoms with Gasteiger partial charge in [-0.1, -0.05) is 0 Å². The van der Waals surface area contributed by atoms with Crippen LogP contribution in [0.15, 0.2) is 41.1 Å². The maximum atomic E-state index is 12.7. The largest absolute Gasteiger partial charge is 0.467 e. The SMILES string of the molecule is Fc1cc(NCc2ccco2)ccn1. The summed E-state index contributed by atoms with van der Waals surface area (Å²) in [6.45, 7) is 0.538. The second-order valence-electron chi connectivity index (χ2n) is 2.80. The van der Waals surface area contributed by atoms with Crippen molar-refractivity contribution in [3.8, 4) is 0 Å². The fourth-order valence-corrected chi connectivity index (χ4v) is 1.11. The highest BCUT2D eigenvalue weighted by Gasteiger charge is 1.97. The zero-order valence-electron chi connectivity index (χ0n) is 7.40. The Balaban J connectivity index is 1.98. The van der Waals surface area contributed by atoms with Gasteiger partial charge in [0.2, 0.25) is 5.95 Å². The van der Waals surface area contributed by atoms with Gasteiger partial charge in [0.05, 0.1) is 12.8 Å². The highest BCUT2D eigenvalue weighted by Crippen LogP contribution is 2.09. The van der Waals surface area contributed by atoms with E-state index in [1.54, 1.807) is 12.3 Å². The normalized spacial score (nSPS) is 10.1. The minimum Gasteiger partial charge on any atom is -0.467 e. The summed E-state index contributed by atoms with van der Waals surface area (Å²) < 4.78 is 17.8. The molecule has 2 aromatic heterocycles. The first-order valence-electron chi connectivity index (χ1n) is 4.22. The zero-order chi connectivity index (χ0) is 9.80. The van der Waals surface area contributed by atoms with Gasteiger partial charge in [0.25, 0.3) is 0 Å². The summed E-state index contributed by atoms with van der Waals surface area (Å²) >= 11 is 0. The molecule has 0 radical (unpaired) electrons.